The van der Waals surface area contributed by atoms with Gasteiger partial charge in [0, 0.05) is 29.6 Å². The van der Waals surface area contributed by atoms with Gasteiger partial charge in [0.15, 0.2) is 0 Å². The molecule has 506 valence electrons. The molecular formula is C97H72BFIrN3O2. The summed E-state index contributed by atoms with van der Waals surface area (Å²) in [6.07, 6.45) is 5.58. The van der Waals surface area contributed by atoms with Crippen LogP contribution in [0.4, 0.5) is 4.39 Å². The zero-order valence-electron chi connectivity index (χ0n) is 59.4. The summed E-state index contributed by atoms with van der Waals surface area (Å²) in [5.41, 5.74) is 31.6. The van der Waals surface area contributed by atoms with Crippen molar-refractivity contribution in [2.24, 2.45) is 0 Å². The minimum atomic E-state index is -0.492. The average Bonchev–Trinajstić information content (AvgIpc) is 1.51. The standard InChI is InChI=1S/C97H72BFN3O2.Ir/c1-62-52-94(102-61-89(62)65-36-43-74(99)44-37-65)69-41-47-83(88(58-69)66-38-48-84-85-49-42-73(60-91(85)95(2,3)90(84)59-66)98-103-96(4,5)97(6,7)104-98)80-33-19-16-30-77(80)72-54-70(75-28-14-17-31-78(75)81-45-39-67(92-34-20-22-50-100-92)56-86(81)63-24-10-8-11-25-63)53-71(55-72)76-29-15-18-32-79(76)82-46-40-68(93-35-21-23-51-101-93)57-87(82)64-26-12-9-13-27-64;/h8-38,42-61H,1-7H3;/q-3;+3. The molecule has 0 bridgehead atoms. The van der Waals surface area contributed by atoms with E-state index in [2.05, 4.69) is 297 Å². The molecule has 1 aliphatic heterocycles. The van der Waals surface area contributed by atoms with E-state index >= 15 is 0 Å². The minimum Gasteiger partial charge on any atom is -0.399 e. The molecule has 8 heteroatoms. The van der Waals surface area contributed by atoms with E-state index in [4.69, 9.17) is 24.3 Å². The van der Waals surface area contributed by atoms with Gasteiger partial charge in [0.05, 0.1) is 11.2 Å². The molecule has 2 aliphatic rings. The molecule has 0 N–H and O–H groups in total. The molecule has 1 fully saturated rings. The summed E-state index contributed by atoms with van der Waals surface area (Å²) in [4.78, 5) is 14.7. The molecule has 17 rings (SSSR count). The monoisotopic (exact) mass is 1530 g/mol. The summed E-state index contributed by atoms with van der Waals surface area (Å²) in [6.45, 7) is 15.2. The smallest absolute Gasteiger partial charge is 0.399 e. The Kier molecular flexibility index (Phi) is 18.0. The second kappa shape index (κ2) is 27.7. The van der Waals surface area contributed by atoms with Crippen LogP contribution in [0.1, 0.15) is 58.2 Å². The normalized spacial score (nSPS) is 13.8. The van der Waals surface area contributed by atoms with Crippen LogP contribution in [-0.2, 0) is 34.8 Å². The first-order chi connectivity index (χ1) is 50.6. The van der Waals surface area contributed by atoms with Crippen LogP contribution in [0.3, 0.4) is 0 Å². The first-order valence-corrected chi connectivity index (χ1v) is 35.5. The number of rotatable bonds is 14. The van der Waals surface area contributed by atoms with Crippen molar-refractivity contribution in [1.82, 2.24) is 15.0 Å². The van der Waals surface area contributed by atoms with Gasteiger partial charge in [0.25, 0.3) is 0 Å². The van der Waals surface area contributed by atoms with Crippen LogP contribution >= 0.6 is 0 Å². The summed E-state index contributed by atoms with van der Waals surface area (Å²) in [6, 6.07) is 114. The molecule has 0 unspecified atom stereocenters. The summed E-state index contributed by atoms with van der Waals surface area (Å²) in [5.74, 6) is -0.277. The van der Waals surface area contributed by atoms with Crippen molar-refractivity contribution in [3.63, 3.8) is 0 Å². The topological polar surface area (TPSA) is 57.1 Å². The maximum Gasteiger partial charge on any atom is 3.00 e. The Morgan fingerprint density at radius 1 is 0.314 bits per heavy atom. The van der Waals surface area contributed by atoms with E-state index in [1.54, 1.807) is 0 Å². The van der Waals surface area contributed by atoms with Crippen LogP contribution in [0.5, 0.6) is 0 Å². The van der Waals surface area contributed by atoms with Crippen molar-refractivity contribution < 1.29 is 33.8 Å². The molecule has 0 amide bonds. The Hall–Kier alpha value is -11.3. The fourth-order valence-electron chi connectivity index (χ4n) is 15.3. The Bertz CT molecular complexity index is 5600. The number of benzene rings is 12. The molecule has 0 saturated carbocycles. The maximum absolute atomic E-state index is 14.3. The molecule has 0 spiro atoms. The van der Waals surface area contributed by atoms with E-state index in [0.717, 1.165) is 156 Å². The fourth-order valence-corrected chi connectivity index (χ4v) is 15.3. The molecule has 1 aliphatic carbocycles. The second-order valence-corrected chi connectivity index (χ2v) is 28.8. The van der Waals surface area contributed by atoms with Crippen molar-refractivity contribution in [3.05, 3.63) is 350 Å². The number of hydrogen-bond acceptors (Lipinski definition) is 5. The van der Waals surface area contributed by atoms with Crippen LogP contribution in [0.25, 0.3) is 156 Å². The van der Waals surface area contributed by atoms with Gasteiger partial charge >= 0.3 is 27.2 Å². The van der Waals surface area contributed by atoms with E-state index < -0.39 is 18.3 Å². The number of halogens is 1. The summed E-state index contributed by atoms with van der Waals surface area (Å²) < 4.78 is 27.6. The molecule has 1 saturated heterocycles. The SMILES string of the molecule is Cc1cc(-c2[c-]cc(-c3ccccc3-c3cc(-c4ccccc4-c4c[c-]c(-c5ccccn5)cc4-c4ccccc4)cc(-c4ccccc4-c4c[c-]c(-c5ccccn5)cc4-c4ccccc4)c3)c(-c3ccc4c(c3)C(C)(C)c3cc(B5OC(C)(C)C(C)(C)O5)ccc3-4)c2)ncc1-c1ccc(F)cc1.[Ir+3]. The van der Waals surface area contributed by atoms with E-state index in [9.17, 15) is 4.39 Å². The van der Waals surface area contributed by atoms with Crippen molar-refractivity contribution in [2.75, 3.05) is 0 Å². The molecular weight excluding hydrogens is 1460 g/mol. The first-order valence-electron chi connectivity index (χ1n) is 35.5. The second-order valence-electron chi connectivity index (χ2n) is 28.8. The molecule has 3 aromatic heterocycles. The molecule has 5 nitrogen and oxygen atoms in total. The van der Waals surface area contributed by atoms with Gasteiger partial charge in [-0.1, -0.05) is 276 Å². The number of hydrogen-bond donors (Lipinski definition) is 0. The van der Waals surface area contributed by atoms with Gasteiger partial charge in [0.2, 0.25) is 0 Å². The summed E-state index contributed by atoms with van der Waals surface area (Å²) in [7, 11) is -0.492. The maximum atomic E-state index is 14.3. The molecule has 12 aromatic carbocycles. The summed E-state index contributed by atoms with van der Waals surface area (Å²) >= 11 is 0. The van der Waals surface area contributed by atoms with E-state index in [0.29, 0.717) is 0 Å². The Morgan fingerprint density at radius 3 is 1.15 bits per heavy atom. The predicted molar refractivity (Wildman–Crippen MR) is 425 cm³/mol. The van der Waals surface area contributed by atoms with E-state index in [1.165, 1.54) is 34.4 Å². The Morgan fingerprint density at radius 2 is 0.705 bits per heavy atom. The van der Waals surface area contributed by atoms with Crippen LogP contribution in [0.15, 0.2) is 310 Å². The van der Waals surface area contributed by atoms with Crippen LogP contribution in [0, 0.1) is 30.9 Å². The van der Waals surface area contributed by atoms with Gasteiger partial charge < -0.3 is 24.3 Å². The largest absolute Gasteiger partial charge is 3.00 e. The van der Waals surface area contributed by atoms with Gasteiger partial charge in [-0.2, -0.15) is 0 Å². The molecule has 4 heterocycles. The van der Waals surface area contributed by atoms with Gasteiger partial charge in [-0.25, -0.2) is 4.39 Å². The van der Waals surface area contributed by atoms with Crippen LogP contribution in [0.2, 0.25) is 0 Å². The first kappa shape index (κ1) is 68.1. The summed E-state index contributed by atoms with van der Waals surface area (Å²) in [5, 5.41) is 0. The zero-order chi connectivity index (χ0) is 70.8. The van der Waals surface area contributed by atoms with Crippen LogP contribution in [-0.4, -0.2) is 33.3 Å². The number of aromatic nitrogens is 3. The fraction of sp³-hybridized carbons (Fsp3) is 0.103. The van der Waals surface area contributed by atoms with Crippen molar-refractivity contribution >= 4 is 12.6 Å². The molecule has 0 atom stereocenters. The van der Waals surface area contributed by atoms with Crippen molar-refractivity contribution in [2.45, 2.75) is 65.1 Å². The molecule has 0 radical (unpaired) electrons. The quantitative estimate of drug-likeness (QED) is 0.0802. The van der Waals surface area contributed by atoms with Gasteiger partial charge in [0.1, 0.15) is 5.82 Å². The van der Waals surface area contributed by atoms with Crippen molar-refractivity contribution in [1.29, 1.82) is 0 Å². The van der Waals surface area contributed by atoms with Gasteiger partial charge in [-0.15, -0.1) is 71.3 Å². The Balaban J connectivity index is 0.00000847. The average molecular weight is 1530 g/mol. The zero-order valence-corrected chi connectivity index (χ0v) is 61.8. The predicted octanol–water partition coefficient (Wildman–Crippen LogP) is 24.0. The van der Waals surface area contributed by atoms with E-state index in [1.807, 2.05) is 67.1 Å². The van der Waals surface area contributed by atoms with Crippen LogP contribution < -0.4 is 5.46 Å². The third-order valence-corrected chi connectivity index (χ3v) is 21.5. The Labute approximate surface area is 628 Å². The van der Waals surface area contributed by atoms with Gasteiger partial charge in [-0.05, 0) is 183 Å². The molecule has 15 aromatic rings. The number of pyridine rings is 3. The number of aryl methyl sites for hydroxylation is 1. The number of fused-ring (bicyclic) bond motifs is 3. The number of nitrogens with zero attached hydrogens (tertiary/aromatic N) is 3. The van der Waals surface area contributed by atoms with E-state index in [-0.39, 0.29) is 31.3 Å². The third kappa shape index (κ3) is 12.7. The van der Waals surface area contributed by atoms with Gasteiger partial charge in [-0.3, -0.25) is 0 Å². The third-order valence-electron chi connectivity index (χ3n) is 21.5. The minimum absolute atomic E-state index is 0. The van der Waals surface area contributed by atoms with Crippen molar-refractivity contribution in [3.8, 4) is 156 Å². The molecule has 105 heavy (non-hydrogen) atoms.